The van der Waals surface area contributed by atoms with Crippen molar-refractivity contribution in [2.45, 2.75) is 19.8 Å². The van der Waals surface area contributed by atoms with Gasteiger partial charge in [0.05, 0.1) is 45.4 Å². The van der Waals surface area contributed by atoms with E-state index in [0.717, 1.165) is 25.2 Å². The summed E-state index contributed by atoms with van der Waals surface area (Å²) >= 11 is 0. The Hall–Kier alpha value is -1.11. The van der Waals surface area contributed by atoms with E-state index in [1.54, 1.807) is 10.9 Å². The maximum absolute atomic E-state index is 5.44. The molecule has 0 spiro atoms. The smallest absolute Gasteiger partial charge is 0.157 e. The Morgan fingerprint density at radius 2 is 1.55 bits per heavy atom. The second-order valence-electron chi connectivity index (χ2n) is 4.39. The summed E-state index contributed by atoms with van der Waals surface area (Å²) in [6, 6.07) is 0. The minimum atomic E-state index is 0.520. The van der Waals surface area contributed by atoms with Crippen LogP contribution in [0.3, 0.4) is 0 Å². The zero-order chi connectivity index (χ0) is 14.5. The van der Waals surface area contributed by atoms with E-state index in [4.69, 9.17) is 18.9 Å². The molecule has 0 fully saturated rings. The number of hydrogen-bond donors (Lipinski definition) is 0. The Morgan fingerprint density at radius 1 is 0.950 bits per heavy atom. The molecule has 6 heteroatoms. The lowest BCUT2D eigenvalue weighted by molar-refractivity contribution is 0.00895. The molecule has 1 aromatic heterocycles. The summed E-state index contributed by atoms with van der Waals surface area (Å²) in [5.74, 6) is 0.761. The van der Waals surface area contributed by atoms with Crippen molar-refractivity contribution in [2.75, 3.05) is 46.2 Å². The molecule has 0 aliphatic carbocycles. The molecule has 0 bridgehead atoms. The lowest BCUT2D eigenvalue weighted by Gasteiger charge is -2.07. The van der Waals surface area contributed by atoms with Gasteiger partial charge < -0.3 is 18.9 Å². The predicted molar refractivity (Wildman–Crippen MR) is 76.1 cm³/mol. The Labute approximate surface area is 121 Å². The average Bonchev–Trinajstić information content (AvgIpc) is 2.86. The number of nitrogens with zero attached hydrogens (tertiary/aromatic N) is 2. The standard InChI is InChI=1S/C14H26N2O4/c1-3-4-5-17-6-7-18-8-9-19-10-11-20-14-12-15-16(2)13-14/h12-13H,3-11H2,1-2H3. The van der Waals surface area contributed by atoms with Crippen molar-refractivity contribution in [1.29, 1.82) is 0 Å². The summed E-state index contributed by atoms with van der Waals surface area (Å²) in [6.45, 7) is 6.48. The van der Waals surface area contributed by atoms with Crippen LogP contribution in [0, 0.1) is 0 Å². The van der Waals surface area contributed by atoms with Crippen molar-refractivity contribution in [3.8, 4) is 5.75 Å². The molecule has 6 nitrogen and oxygen atoms in total. The molecule has 0 N–H and O–H groups in total. The van der Waals surface area contributed by atoms with Crippen LogP contribution in [0.4, 0.5) is 0 Å². The van der Waals surface area contributed by atoms with E-state index in [0.29, 0.717) is 39.6 Å². The van der Waals surface area contributed by atoms with E-state index in [-0.39, 0.29) is 0 Å². The van der Waals surface area contributed by atoms with E-state index in [2.05, 4.69) is 12.0 Å². The fraction of sp³-hybridized carbons (Fsp3) is 0.786. The van der Waals surface area contributed by atoms with Gasteiger partial charge in [-0.1, -0.05) is 13.3 Å². The molecule has 0 saturated carbocycles. The molecule has 0 unspecified atom stereocenters. The fourth-order valence-corrected chi connectivity index (χ4v) is 1.48. The molecule has 1 rings (SSSR count). The van der Waals surface area contributed by atoms with Gasteiger partial charge in [0.15, 0.2) is 5.75 Å². The van der Waals surface area contributed by atoms with Crippen LogP contribution in [0.2, 0.25) is 0 Å². The molecular formula is C14H26N2O4. The zero-order valence-corrected chi connectivity index (χ0v) is 12.5. The van der Waals surface area contributed by atoms with E-state index in [9.17, 15) is 0 Å². The van der Waals surface area contributed by atoms with E-state index >= 15 is 0 Å². The van der Waals surface area contributed by atoms with Gasteiger partial charge in [0.25, 0.3) is 0 Å². The predicted octanol–water partition coefficient (Wildman–Crippen LogP) is 1.65. The van der Waals surface area contributed by atoms with E-state index in [1.165, 1.54) is 0 Å². The van der Waals surface area contributed by atoms with Gasteiger partial charge in [-0.05, 0) is 6.42 Å². The van der Waals surface area contributed by atoms with Crippen LogP contribution < -0.4 is 4.74 Å². The average molecular weight is 286 g/mol. The lowest BCUT2D eigenvalue weighted by atomic mass is 10.4. The molecule has 20 heavy (non-hydrogen) atoms. The number of rotatable bonds is 13. The number of aryl methyl sites for hydroxylation is 1. The molecule has 116 valence electrons. The summed E-state index contributed by atoms with van der Waals surface area (Å²) < 4.78 is 23.3. The molecule has 0 saturated heterocycles. The fourth-order valence-electron chi connectivity index (χ4n) is 1.48. The van der Waals surface area contributed by atoms with Crippen molar-refractivity contribution in [1.82, 2.24) is 9.78 Å². The summed E-state index contributed by atoms with van der Waals surface area (Å²) in [7, 11) is 1.85. The maximum Gasteiger partial charge on any atom is 0.157 e. The zero-order valence-electron chi connectivity index (χ0n) is 12.5. The Balaban J connectivity index is 1.76. The van der Waals surface area contributed by atoms with Crippen LogP contribution in [0.15, 0.2) is 12.4 Å². The third-order valence-corrected chi connectivity index (χ3v) is 2.56. The van der Waals surface area contributed by atoms with Crippen LogP contribution >= 0.6 is 0 Å². The molecule has 0 aromatic carbocycles. The highest BCUT2D eigenvalue weighted by molar-refractivity contribution is 5.10. The second-order valence-corrected chi connectivity index (χ2v) is 4.39. The second kappa shape index (κ2) is 11.7. The molecule has 1 aromatic rings. The molecule has 0 aliphatic rings. The monoisotopic (exact) mass is 286 g/mol. The maximum atomic E-state index is 5.44. The van der Waals surface area contributed by atoms with E-state index < -0.39 is 0 Å². The minimum absolute atomic E-state index is 0.520. The normalized spacial score (nSPS) is 10.9. The first-order chi connectivity index (χ1) is 9.83. The summed E-state index contributed by atoms with van der Waals surface area (Å²) in [5, 5.41) is 4.01. The van der Waals surface area contributed by atoms with Crippen molar-refractivity contribution in [2.24, 2.45) is 7.05 Å². The SMILES string of the molecule is CCCCOCCOCCOCCOc1cnn(C)c1. The number of aromatic nitrogens is 2. The highest BCUT2D eigenvalue weighted by Crippen LogP contribution is 2.05. The van der Waals surface area contributed by atoms with Gasteiger partial charge in [-0.25, -0.2) is 0 Å². The third kappa shape index (κ3) is 8.90. The Morgan fingerprint density at radius 3 is 2.10 bits per heavy atom. The first kappa shape index (κ1) is 16.9. The minimum Gasteiger partial charge on any atom is -0.488 e. The molecule has 0 amide bonds. The van der Waals surface area contributed by atoms with Crippen molar-refractivity contribution >= 4 is 0 Å². The van der Waals surface area contributed by atoms with Crippen LogP contribution in [0.25, 0.3) is 0 Å². The van der Waals surface area contributed by atoms with Gasteiger partial charge in [0.2, 0.25) is 0 Å². The largest absolute Gasteiger partial charge is 0.488 e. The van der Waals surface area contributed by atoms with Gasteiger partial charge in [-0.15, -0.1) is 0 Å². The van der Waals surface area contributed by atoms with Gasteiger partial charge >= 0.3 is 0 Å². The summed E-state index contributed by atoms with van der Waals surface area (Å²) in [6.07, 6.45) is 5.78. The molecule has 0 radical (unpaired) electrons. The lowest BCUT2D eigenvalue weighted by Crippen LogP contribution is -2.12. The molecule has 0 atom stereocenters. The summed E-state index contributed by atoms with van der Waals surface area (Å²) in [4.78, 5) is 0. The molecular weight excluding hydrogens is 260 g/mol. The Bertz CT molecular complexity index is 331. The number of ether oxygens (including phenoxy) is 4. The van der Waals surface area contributed by atoms with Gasteiger partial charge in [0, 0.05) is 13.7 Å². The van der Waals surface area contributed by atoms with Crippen molar-refractivity contribution in [3.63, 3.8) is 0 Å². The molecule has 0 aliphatic heterocycles. The van der Waals surface area contributed by atoms with E-state index in [1.807, 2.05) is 13.2 Å². The van der Waals surface area contributed by atoms with Crippen LogP contribution in [-0.2, 0) is 21.3 Å². The first-order valence-corrected chi connectivity index (χ1v) is 7.17. The highest BCUT2D eigenvalue weighted by Gasteiger charge is 1.96. The number of hydrogen-bond acceptors (Lipinski definition) is 5. The number of unbranched alkanes of at least 4 members (excludes halogenated alkanes) is 1. The van der Waals surface area contributed by atoms with Crippen LogP contribution in [-0.4, -0.2) is 56.0 Å². The first-order valence-electron chi connectivity index (χ1n) is 7.17. The topological polar surface area (TPSA) is 54.7 Å². The van der Waals surface area contributed by atoms with Crippen molar-refractivity contribution < 1.29 is 18.9 Å². The molecule has 1 heterocycles. The van der Waals surface area contributed by atoms with Gasteiger partial charge in [-0.2, -0.15) is 5.10 Å². The quantitative estimate of drug-likeness (QED) is 0.516. The van der Waals surface area contributed by atoms with Crippen LogP contribution in [0.1, 0.15) is 19.8 Å². The highest BCUT2D eigenvalue weighted by atomic mass is 16.6. The van der Waals surface area contributed by atoms with Gasteiger partial charge in [0.1, 0.15) is 6.61 Å². The van der Waals surface area contributed by atoms with Gasteiger partial charge in [-0.3, -0.25) is 4.68 Å². The third-order valence-electron chi connectivity index (χ3n) is 2.56. The van der Waals surface area contributed by atoms with Crippen LogP contribution in [0.5, 0.6) is 5.75 Å². The van der Waals surface area contributed by atoms with Crippen molar-refractivity contribution in [3.05, 3.63) is 12.4 Å². The summed E-state index contributed by atoms with van der Waals surface area (Å²) in [5.41, 5.74) is 0. The Kier molecular flexibility index (Phi) is 9.91.